The summed E-state index contributed by atoms with van der Waals surface area (Å²) in [5.41, 5.74) is 6.52. The molecule has 0 atom stereocenters. The third kappa shape index (κ3) is 7.25. The van der Waals surface area contributed by atoms with Gasteiger partial charge in [0.15, 0.2) is 0 Å². The maximum atomic E-state index is 10.8. The molecule has 29 heavy (non-hydrogen) atoms. The van der Waals surface area contributed by atoms with Crippen LogP contribution in [-0.2, 0) is 6.42 Å². The van der Waals surface area contributed by atoms with Crippen molar-refractivity contribution < 1.29 is 19.6 Å². The summed E-state index contributed by atoms with van der Waals surface area (Å²) < 4.78 is 0. The Hall–Kier alpha value is -3.42. The molecule has 2 aromatic rings. The quantitative estimate of drug-likeness (QED) is 0.585. The van der Waals surface area contributed by atoms with Crippen molar-refractivity contribution in [3.63, 3.8) is 0 Å². The summed E-state index contributed by atoms with van der Waals surface area (Å²) in [7, 11) is 0. The molecule has 0 spiro atoms. The van der Waals surface area contributed by atoms with Crippen LogP contribution in [0.3, 0.4) is 0 Å². The molecule has 0 unspecified atom stereocenters. The number of aryl methyl sites for hydroxylation is 1. The van der Waals surface area contributed by atoms with Crippen molar-refractivity contribution in [1.82, 2.24) is 4.90 Å². The topological polar surface area (TPSA) is 127 Å². The molecule has 0 aromatic heterocycles. The standard InChI is InChI=1S/C14H19NO2.C7H6N2O3/c16-14(17)15-10-8-13(9-11-15)7-6-12-4-2-1-3-5-12;8-7(10)5-1-3-6(4-2-5)9(11)12/h1-5,13H,6-11H2,(H,16,17);1-4H,(H2,8,10). The molecular weight excluding hydrogens is 374 g/mol. The fraction of sp³-hybridized carbons (Fsp3) is 0.333. The monoisotopic (exact) mass is 399 g/mol. The number of hydrogen-bond acceptors (Lipinski definition) is 4. The number of non-ortho nitro benzene ring substituents is 1. The van der Waals surface area contributed by atoms with E-state index < -0.39 is 16.9 Å². The maximum Gasteiger partial charge on any atom is 0.407 e. The first kappa shape index (κ1) is 21.9. The number of carboxylic acid groups (broad SMARTS) is 1. The molecule has 3 N–H and O–H groups in total. The SMILES string of the molecule is NC(=O)c1ccc([N+](=O)[O-])cc1.O=C(O)N1CCC(CCc2ccccc2)CC1. The summed E-state index contributed by atoms with van der Waals surface area (Å²) >= 11 is 0. The third-order valence-corrected chi connectivity index (χ3v) is 4.93. The predicted molar refractivity (Wildman–Crippen MR) is 109 cm³/mol. The average Bonchev–Trinajstić information content (AvgIpc) is 2.74. The van der Waals surface area contributed by atoms with Crippen LogP contribution < -0.4 is 5.73 Å². The molecule has 1 aliphatic rings. The van der Waals surface area contributed by atoms with Crippen molar-refractivity contribution in [3.8, 4) is 0 Å². The number of carbonyl (C=O) groups is 2. The van der Waals surface area contributed by atoms with E-state index in [0.717, 1.165) is 19.3 Å². The number of benzene rings is 2. The number of primary amides is 1. The molecule has 0 radical (unpaired) electrons. The van der Waals surface area contributed by atoms with Crippen molar-refractivity contribution in [1.29, 1.82) is 0 Å². The minimum atomic E-state index is -0.772. The highest BCUT2D eigenvalue weighted by Gasteiger charge is 2.21. The van der Waals surface area contributed by atoms with Crippen LogP contribution >= 0.6 is 0 Å². The average molecular weight is 399 g/mol. The number of amides is 2. The van der Waals surface area contributed by atoms with E-state index in [2.05, 4.69) is 24.3 Å². The van der Waals surface area contributed by atoms with Crippen LogP contribution in [0.2, 0.25) is 0 Å². The van der Waals surface area contributed by atoms with Gasteiger partial charge in [0.1, 0.15) is 0 Å². The summed E-state index contributed by atoms with van der Waals surface area (Å²) in [6, 6.07) is 15.6. The summed E-state index contributed by atoms with van der Waals surface area (Å²) in [5.74, 6) is 0.0932. The number of piperidine rings is 1. The Kier molecular flexibility index (Phi) is 8.14. The van der Waals surface area contributed by atoms with E-state index in [1.54, 1.807) is 0 Å². The van der Waals surface area contributed by atoms with Crippen LogP contribution in [0.15, 0.2) is 54.6 Å². The Morgan fingerprint density at radius 3 is 2.14 bits per heavy atom. The highest BCUT2D eigenvalue weighted by Crippen LogP contribution is 2.22. The Labute approximate surface area is 169 Å². The van der Waals surface area contributed by atoms with Gasteiger partial charge in [-0.25, -0.2) is 4.79 Å². The van der Waals surface area contributed by atoms with E-state index >= 15 is 0 Å². The lowest BCUT2D eigenvalue weighted by molar-refractivity contribution is -0.384. The highest BCUT2D eigenvalue weighted by atomic mass is 16.6. The smallest absolute Gasteiger partial charge is 0.407 e. The maximum absolute atomic E-state index is 10.8. The predicted octanol–water partition coefficient (Wildman–Crippen LogP) is 3.70. The highest BCUT2D eigenvalue weighted by molar-refractivity contribution is 5.92. The number of nitrogens with two attached hydrogens (primary N) is 1. The molecule has 2 aromatic carbocycles. The van der Waals surface area contributed by atoms with Crippen LogP contribution in [0.1, 0.15) is 35.2 Å². The van der Waals surface area contributed by atoms with Gasteiger partial charge in [-0.2, -0.15) is 0 Å². The van der Waals surface area contributed by atoms with Gasteiger partial charge < -0.3 is 15.7 Å². The van der Waals surface area contributed by atoms with Gasteiger partial charge in [-0.1, -0.05) is 30.3 Å². The fourth-order valence-electron chi connectivity index (χ4n) is 3.18. The van der Waals surface area contributed by atoms with Gasteiger partial charge >= 0.3 is 6.09 Å². The molecule has 154 valence electrons. The van der Waals surface area contributed by atoms with Crippen molar-refractivity contribution in [2.24, 2.45) is 11.7 Å². The number of nitrogens with zero attached hydrogens (tertiary/aromatic N) is 2. The lowest BCUT2D eigenvalue weighted by Gasteiger charge is -2.29. The number of nitro groups is 1. The zero-order valence-electron chi connectivity index (χ0n) is 16.1. The minimum absolute atomic E-state index is 0.0556. The Morgan fingerprint density at radius 2 is 1.66 bits per heavy atom. The number of nitro benzene ring substituents is 1. The van der Waals surface area contributed by atoms with Crippen LogP contribution in [-0.4, -0.2) is 40.0 Å². The first-order valence-corrected chi connectivity index (χ1v) is 9.43. The molecule has 1 aliphatic heterocycles. The molecule has 2 amide bonds. The van der Waals surface area contributed by atoms with Gasteiger partial charge in [-0.05, 0) is 49.3 Å². The van der Waals surface area contributed by atoms with Gasteiger partial charge in [0.25, 0.3) is 5.69 Å². The van der Waals surface area contributed by atoms with E-state index in [4.69, 9.17) is 10.8 Å². The zero-order chi connectivity index (χ0) is 21.2. The van der Waals surface area contributed by atoms with Crippen LogP contribution in [0.4, 0.5) is 10.5 Å². The van der Waals surface area contributed by atoms with Crippen molar-refractivity contribution in [2.75, 3.05) is 13.1 Å². The number of likely N-dealkylation sites (tertiary alicyclic amines) is 1. The van der Waals surface area contributed by atoms with E-state index in [1.165, 1.54) is 41.1 Å². The van der Waals surface area contributed by atoms with E-state index in [1.807, 2.05) is 6.07 Å². The van der Waals surface area contributed by atoms with Crippen molar-refractivity contribution >= 4 is 17.7 Å². The molecule has 0 aliphatic carbocycles. The third-order valence-electron chi connectivity index (χ3n) is 4.93. The van der Waals surface area contributed by atoms with Crippen LogP contribution in [0.25, 0.3) is 0 Å². The van der Waals surface area contributed by atoms with Gasteiger partial charge in [-0.3, -0.25) is 14.9 Å². The van der Waals surface area contributed by atoms with Crippen molar-refractivity contribution in [3.05, 3.63) is 75.8 Å². The van der Waals surface area contributed by atoms with E-state index in [0.29, 0.717) is 19.0 Å². The Bertz CT molecular complexity index is 783. The summed E-state index contributed by atoms with van der Waals surface area (Å²) in [4.78, 5) is 32.5. The zero-order valence-corrected chi connectivity index (χ0v) is 16.1. The van der Waals surface area contributed by atoms with Gasteiger partial charge in [0, 0.05) is 30.8 Å². The first-order chi connectivity index (χ1) is 13.9. The van der Waals surface area contributed by atoms with Gasteiger partial charge in [0.05, 0.1) is 4.92 Å². The van der Waals surface area contributed by atoms with E-state index in [9.17, 15) is 19.7 Å². The molecule has 8 heteroatoms. The molecule has 3 rings (SSSR count). The fourth-order valence-corrected chi connectivity index (χ4v) is 3.18. The summed E-state index contributed by atoms with van der Waals surface area (Å²) in [6.45, 7) is 1.41. The Morgan fingerprint density at radius 1 is 1.07 bits per heavy atom. The minimum Gasteiger partial charge on any atom is -0.465 e. The second-order valence-electron chi connectivity index (χ2n) is 6.91. The van der Waals surface area contributed by atoms with Gasteiger partial charge in [0.2, 0.25) is 5.91 Å². The molecule has 1 saturated heterocycles. The van der Waals surface area contributed by atoms with E-state index in [-0.39, 0.29) is 11.3 Å². The summed E-state index contributed by atoms with van der Waals surface area (Å²) in [6.07, 6.45) is 3.54. The lowest BCUT2D eigenvalue weighted by Crippen LogP contribution is -2.37. The first-order valence-electron chi connectivity index (χ1n) is 9.43. The molecule has 1 fully saturated rings. The second-order valence-corrected chi connectivity index (χ2v) is 6.91. The van der Waals surface area contributed by atoms with Crippen molar-refractivity contribution in [2.45, 2.75) is 25.7 Å². The molecule has 8 nitrogen and oxygen atoms in total. The van der Waals surface area contributed by atoms with Gasteiger partial charge in [-0.15, -0.1) is 0 Å². The molecule has 0 saturated carbocycles. The normalized spacial score (nSPS) is 13.9. The number of rotatable bonds is 5. The number of carbonyl (C=O) groups excluding carboxylic acids is 1. The van der Waals surface area contributed by atoms with Crippen LogP contribution in [0, 0.1) is 16.0 Å². The second kappa shape index (κ2) is 10.8. The van der Waals surface area contributed by atoms with Crippen LogP contribution in [0.5, 0.6) is 0 Å². The summed E-state index contributed by atoms with van der Waals surface area (Å²) in [5, 5.41) is 19.0. The lowest BCUT2D eigenvalue weighted by atomic mass is 9.91. The molecule has 0 bridgehead atoms. The molecular formula is C21H25N3O5. The molecule has 1 heterocycles. The Balaban J connectivity index is 0.000000221. The number of hydrogen-bond donors (Lipinski definition) is 2. The largest absolute Gasteiger partial charge is 0.465 e.